The number of hydrogen-bond acceptors (Lipinski definition) is 6. The van der Waals surface area contributed by atoms with Crippen LogP contribution >= 0.6 is 0 Å². The molecular weight excluding hydrogens is 283 g/mol. The van der Waals surface area contributed by atoms with Gasteiger partial charge in [-0.3, -0.25) is 4.79 Å². The number of halogens is 1. The van der Waals surface area contributed by atoms with Crippen molar-refractivity contribution in [3.8, 4) is 0 Å². The van der Waals surface area contributed by atoms with E-state index < -0.39 is 36.6 Å². The van der Waals surface area contributed by atoms with Crippen molar-refractivity contribution in [2.75, 3.05) is 6.61 Å². The van der Waals surface area contributed by atoms with Crippen LogP contribution in [0.15, 0.2) is 30.3 Å². The summed E-state index contributed by atoms with van der Waals surface area (Å²) in [6, 6.07) is 8.22. The summed E-state index contributed by atoms with van der Waals surface area (Å²) in [5.74, 6) is -1.32. The Morgan fingerprint density at radius 3 is 2.62 bits per heavy atom. The number of carbonyl (C=O) groups excluding carboxylic acids is 2. The third-order valence-electron chi connectivity index (χ3n) is 2.96. The molecule has 114 valence electrons. The minimum atomic E-state index is -1.88. The van der Waals surface area contributed by atoms with Crippen molar-refractivity contribution in [1.82, 2.24) is 0 Å². The third kappa shape index (κ3) is 3.77. The van der Waals surface area contributed by atoms with Gasteiger partial charge < -0.3 is 19.3 Å². The predicted octanol–water partition coefficient (Wildman–Crippen LogP) is 0.830. The molecule has 0 amide bonds. The van der Waals surface area contributed by atoms with Crippen LogP contribution in [0, 0.1) is 0 Å². The zero-order chi connectivity index (χ0) is 15.4. The van der Waals surface area contributed by atoms with Gasteiger partial charge in [-0.25, -0.2) is 9.18 Å². The first-order chi connectivity index (χ1) is 9.99. The van der Waals surface area contributed by atoms with Crippen LogP contribution in [0.4, 0.5) is 4.39 Å². The summed E-state index contributed by atoms with van der Waals surface area (Å²) in [5.41, 5.74) is 0.330. The largest absolute Gasteiger partial charge is 0.459 e. The highest BCUT2D eigenvalue weighted by Crippen LogP contribution is 2.26. The van der Waals surface area contributed by atoms with Crippen LogP contribution < -0.4 is 0 Å². The standard InChI is InChI=1S/C14H15FO6/c1-8(16)20-12-10(21-14(18)11(12)15)7-19-13(17)9-5-3-2-4-6-9/h2-6,10-12,14,18H,7H2,1H3/t10-,11-,12?,14-/m1/s1. The fourth-order valence-electron chi connectivity index (χ4n) is 1.98. The summed E-state index contributed by atoms with van der Waals surface area (Å²) in [4.78, 5) is 22.7. The molecule has 0 radical (unpaired) electrons. The predicted molar refractivity (Wildman–Crippen MR) is 68.1 cm³/mol. The van der Waals surface area contributed by atoms with E-state index in [1.807, 2.05) is 0 Å². The second-order valence-electron chi connectivity index (χ2n) is 4.55. The average molecular weight is 298 g/mol. The molecule has 1 fully saturated rings. The summed E-state index contributed by atoms with van der Waals surface area (Å²) in [7, 11) is 0. The van der Waals surface area contributed by atoms with Crippen molar-refractivity contribution < 1.29 is 33.3 Å². The fourth-order valence-corrected chi connectivity index (χ4v) is 1.98. The highest BCUT2D eigenvalue weighted by Gasteiger charge is 2.47. The van der Waals surface area contributed by atoms with Gasteiger partial charge in [0.2, 0.25) is 0 Å². The number of alkyl halides is 1. The molecule has 0 aromatic heterocycles. The molecular formula is C14H15FO6. The quantitative estimate of drug-likeness (QED) is 0.829. The molecule has 0 saturated carbocycles. The maximum atomic E-state index is 13.6. The molecule has 1 unspecified atom stereocenters. The lowest BCUT2D eigenvalue weighted by Gasteiger charge is -2.18. The Bertz CT molecular complexity index is 505. The smallest absolute Gasteiger partial charge is 0.338 e. The minimum Gasteiger partial charge on any atom is -0.459 e. The van der Waals surface area contributed by atoms with Crippen LogP contribution in [0.5, 0.6) is 0 Å². The molecule has 1 N–H and O–H groups in total. The molecule has 7 heteroatoms. The summed E-state index contributed by atoms with van der Waals surface area (Å²) >= 11 is 0. The number of aliphatic hydroxyl groups excluding tert-OH is 1. The Balaban J connectivity index is 1.95. The molecule has 1 saturated heterocycles. The maximum absolute atomic E-state index is 13.6. The number of aliphatic hydroxyl groups is 1. The van der Waals surface area contributed by atoms with Gasteiger partial charge in [0, 0.05) is 6.92 Å². The third-order valence-corrected chi connectivity index (χ3v) is 2.96. The molecule has 4 atom stereocenters. The van der Waals surface area contributed by atoms with Gasteiger partial charge in [0.1, 0.15) is 12.7 Å². The lowest BCUT2D eigenvalue weighted by Crippen LogP contribution is -2.36. The van der Waals surface area contributed by atoms with E-state index in [4.69, 9.17) is 14.2 Å². The van der Waals surface area contributed by atoms with Crippen LogP contribution in [-0.2, 0) is 19.0 Å². The van der Waals surface area contributed by atoms with Crippen LogP contribution in [0.3, 0.4) is 0 Å². The van der Waals surface area contributed by atoms with Crippen molar-refractivity contribution in [2.24, 2.45) is 0 Å². The summed E-state index contributed by atoms with van der Waals surface area (Å²) < 4.78 is 28.3. The molecule has 1 aliphatic rings. The average Bonchev–Trinajstić information content (AvgIpc) is 2.73. The van der Waals surface area contributed by atoms with Crippen LogP contribution in [0.2, 0.25) is 0 Å². The van der Waals surface area contributed by atoms with Crippen LogP contribution in [-0.4, -0.2) is 48.3 Å². The summed E-state index contributed by atoms with van der Waals surface area (Å²) in [6.45, 7) is 0.785. The first-order valence-corrected chi connectivity index (χ1v) is 6.36. The van der Waals surface area contributed by atoms with E-state index in [2.05, 4.69) is 0 Å². The molecule has 1 aliphatic heterocycles. The number of hydrogen-bond donors (Lipinski definition) is 1. The monoisotopic (exact) mass is 298 g/mol. The molecule has 2 rings (SSSR count). The van der Waals surface area contributed by atoms with Crippen molar-refractivity contribution in [2.45, 2.75) is 31.6 Å². The minimum absolute atomic E-state index is 0.330. The van der Waals surface area contributed by atoms with Gasteiger partial charge in [0.15, 0.2) is 18.6 Å². The molecule has 21 heavy (non-hydrogen) atoms. The maximum Gasteiger partial charge on any atom is 0.338 e. The SMILES string of the molecule is CC(=O)OC1[C@@H](F)[C@H](O)O[C@@H]1COC(=O)c1ccccc1. The van der Waals surface area contributed by atoms with Gasteiger partial charge in [-0.1, -0.05) is 18.2 Å². The summed E-state index contributed by atoms with van der Waals surface area (Å²) in [6.07, 6.45) is -5.95. The van der Waals surface area contributed by atoms with Crippen molar-refractivity contribution in [3.63, 3.8) is 0 Å². The highest BCUT2D eigenvalue weighted by atomic mass is 19.1. The lowest BCUT2D eigenvalue weighted by molar-refractivity contribution is -0.152. The summed E-state index contributed by atoms with van der Waals surface area (Å²) in [5, 5.41) is 9.30. The van der Waals surface area contributed by atoms with Gasteiger partial charge >= 0.3 is 11.9 Å². The van der Waals surface area contributed by atoms with E-state index >= 15 is 0 Å². The zero-order valence-electron chi connectivity index (χ0n) is 11.3. The van der Waals surface area contributed by atoms with Crippen molar-refractivity contribution >= 4 is 11.9 Å². The van der Waals surface area contributed by atoms with Gasteiger partial charge in [-0.05, 0) is 12.1 Å². The van der Waals surface area contributed by atoms with E-state index in [9.17, 15) is 19.1 Å². The normalized spacial score (nSPS) is 28.1. The Morgan fingerprint density at radius 1 is 1.33 bits per heavy atom. The first-order valence-electron chi connectivity index (χ1n) is 6.36. The molecule has 1 aromatic carbocycles. The number of carbonyl (C=O) groups is 2. The van der Waals surface area contributed by atoms with E-state index in [-0.39, 0.29) is 6.61 Å². The molecule has 0 spiro atoms. The van der Waals surface area contributed by atoms with E-state index in [0.717, 1.165) is 6.92 Å². The van der Waals surface area contributed by atoms with Crippen molar-refractivity contribution in [1.29, 1.82) is 0 Å². The van der Waals surface area contributed by atoms with Crippen LogP contribution in [0.25, 0.3) is 0 Å². The second kappa shape index (κ2) is 6.64. The lowest BCUT2D eigenvalue weighted by atomic mass is 10.1. The van der Waals surface area contributed by atoms with Crippen molar-refractivity contribution in [3.05, 3.63) is 35.9 Å². The fraction of sp³-hybridized carbons (Fsp3) is 0.429. The Hall–Kier alpha value is -1.99. The first kappa shape index (κ1) is 15.4. The van der Waals surface area contributed by atoms with E-state index in [1.54, 1.807) is 30.3 Å². The second-order valence-corrected chi connectivity index (χ2v) is 4.55. The number of benzene rings is 1. The molecule has 1 aromatic rings. The number of rotatable bonds is 4. The van der Waals surface area contributed by atoms with Gasteiger partial charge in [-0.15, -0.1) is 0 Å². The highest BCUT2D eigenvalue weighted by molar-refractivity contribution is 5.89. The zero-order valence-corrected chi connectivity index (χ0v) is 11.3. The van der Waals surface area contributed by atoms with Gasteiger partial charge in [-0.2, -0.15) is 0 Å². The van der Waals surface area contributed by atoms with Gasteiger partial charge in [0.05, 0.1) is 5.56 Å². The van der Waals surface area contributed by atoms with Crippen LogP contribution in [0.1, 0.15) is 17.3 Å². The van der Waals surface area contributed by atoms with E-state index in [1.165, 1.54) is 0 Å². The Labute approximate surface area is 120 Å². The molecule has 0 bridgehead atoms. The van der Waals surface area contributed by atoms with E-state index in [0.29, 0.717) is 5.56 Å². The molecule has 1 heterocycles. The number of esters is 2. The molecule has 6 nitrogen and oxygen atoms in total. The Kier molecular flexibility index (Phi) is 4.87. The molecule has 0 aliphatic carbocycles. The van der Waals surface area contributed by atoms with Gasteiger partial charge in [0.25, 0.3) is 0 Å². The topological polar surface area (TPSA) is 82.1 Å². The number of ether oxygens (including phenoxy) is 3. The Morgan fingerprint density at radius 2 is 2.00 bits per heavy atom.